The van der Waals surface area contributed by atoms with Crippen LogP contribution < -0.4 is 0 Å². The highest BCUT2D eigenvalue weighted by Gasteiger charge is 2.36. The van der Waals surface area contributed by atoms with Crippen molar-refractivity contribution in [3.8, 4) is 0 Å². The molecule has 0 aromatic carbocycles. The molecule has 0 saturated carbocycles. The largest absolute Gasteiger partial charge is 0.301 e. The Morgan fingerprint density at radius 2 is 2.14 bits per heavy atom. The molecule has 4 nitrogen and oxygen atoms in total. The van der Waals surface area contributed by atoms with Crippen LogP contribution in [0.3, 0.4) is 0 Å². The smallest absolute Gasteiger partial charge is 0.261 e. The summed E-state index contributed by atoms with van der Waals surface area (Å²) in [6, 6.07) is 0. The van der Waals surface area contributed by atoms with Crippen LogP contribution in [-0.4, -0.2) is 29.5 Å². The van der Waals surface area contributed by atoms with Crippen LogP contribution in [0.1, 0.15) is 12.8 Å². The van der Waals surface area contributed by atoms with Gasteiger partial charge in [0, 0.05) is 11.1 Å². The minimum atomic E-state index is -0.340. The monoisotopic (exact) mass is 191 g/mol. The standard InChI is InChI=1S/C10H9NO3/c12-6-5-11-9(13)7-3-1-2-4-8(7)10(11)14/h1,3,6H,2,4-5H2. The van der Waals surface area contributed by atoms with Gasteiger partial charge in [-0.25, -0.2) is 0 Å². The predicted octanol–water partition coefficient (Wildman–Crippen LogP) is 0.201. The van der Waals surface area contributed by atoms with Crippen molar-refractivity contribution in [2.24, 2.45) is 0 Å². The number of hydrogen-bond acceptors (Lipinski definition) is 3. The summed E-state index contributed by atoms with van der Waals surface area (Å²) in [5.74, 6) is -0.644. The second kappa shape index (κ2) is 3.21. The van der Waals surface area contributed by atoms with Crippen molar-refractivity contribution >= 4 is 18.1 Å². The van der Waals surface area contributed by atoms with E-state index in [1.165, 1.54) is 0 Å². The van der Waals surface area contributed by atoms with Crippen molar-refractivity contribution in [2.75, 3.05) is 6.54 Å². The molecule has 0 aromatic heterocycles. The van der Waals surface area contributed by atoms with Crippen molar-refractivity contribution in [3.05, 3.63) is 23.3 Å². The average Bonchev–Trinajstić information content (AvgIpc) is 2.45. The number of allylic oxidation sites excluding steroid dienone is 1. The highest BCUT2D eigenvalue weighted by Crippen LogP contribution is 2.28. The molecule has 2 amide bonds. The van der Waals surface area contributed by atoms with Gasteiger partial charge < -0.3 is 4.79 Å². The molecule has 1 aliphatic carbocycles. The lowest BCUT2D eigenvalue weighted by Crippen LogP contribution is -2.33. The molecule has 0 atom stereocenters. The maximum atomic E-state index is 11.6. The summed E-state index contributed by atoms with van der Waals surface area (Å²) in [5, 5.41) is 0. The summed E-state index contributed by atoms with van der Waals surface area (Å²) in [6.45, 7) is -0.140. The van der Waals surface area contributed by atoms with Crippen LogP contribution in [-0.2, 0) is 14.4 Å². The van der Waals surface area contributed by atoms with Gasteiger partial charge in [0.2, 0.25) is 0 Å². The zero-order valence-corrected chi connectivity index (χ0v) is 7.53. The summed E-state index contributed by atoms with van der Waals surface area (Å²) in [6.07, 6.45) is 5.49. The fraction of sp³-hybridized carbons (Fsp3) is 0.300. The fourth-order valence-electron chi connectivity index (χ4n) is 1.73. The van der Waals surface area contributed by atoms with Gasteiger partial charge in [-0.1, -0.05) is 12.2 Å². The highest BCUT2D eigenvalue weighted by molar-refractivity contribution is 6.21. The SMILES string of the molecule is O=CCN1C(=O)C2=C(CCC=C2)C1=O. The van der Waals surface area contributed by atoms with Gasteiger partial charge in [0.15, 0.2) is 0 Å². The third-order valence-corrected chi connectivity index (χ3v) is 2.41. The Morgan fingerprint density at radius 3 is 2.79 bits per heavy atom. The lowest BCUT2D eigenvalue weighted by molar-refractivity contribution is -0.139. The highest BCUT2D eigenvalue weighted by atomic mass is 16.2. The second-order valence-corrected chi connectivity index (χ2v) is 3.22. The maximum Gasteiger partial charge on any atom is 0.261 e. The molecular formula is C10H9NO3. The fourth-order valence-corrected chi connectivity index (χ4v) is 1.73. The van der Waals surface area contributed by atoms with E-state index in [-0.39, 0.29) is 18.4 Å². The number of amides is 2. The van der Waals surface area contributed by atoms with Crippen LogP contribution in [0.4, 0.5) is 0 Å². The van der Waals surface area contributed by atoms with Crippen molar-refractivity contribution in [1.29, 1.82) is 0 Å². The van der Waals surface area contributed by atoms with E-state index < -0.39 is 0 Å². The van der Waals surface area contributed by atoms with Crippen molar-refractivity contribution in [1.82, 2.24) is 4.90 Å². The summed E-state index contributed by atoms with van der Waals surface area (Å²) in [7, 11) is 0. The maximum absolute atomic E-state index is 11.6. The van der Waals surface area contributed by atoms with Gasteiger partial charge >= 0.3 is 0 Å². The van der Waals surface area contributed by atoms with Crippen LogP contribution >= 0.6 is 0 Å². The molecule has 1 heterocycles. The van der Waals surface area contributed by atoms with E-state index in [4.69, 9.17) is 0 Å². The van der Waals surface area contributed by atoms with Gasteiger partial charge in [0.1, 0.15) is 6.29 Å². The number of aldehydes is 1. The molecule has 0 saturated heterocycles. The number of nitrogens with zero attached hydrogens (tertiary/aromatic N) is 1. The summed E-state index contributed by atoms with van der Waals surface area (Å²) in [5.41, 5.74) is 1.02. The van der Waals surface area contributed by atoms with Crippen molar-refractivity contribution in [3.63, 3.8) is 0 Å². The number of carbonyl (C=O) groups is 3. The molecule has 0 N–H and O–H groups in total. The Hall–Kier alpha value is -1.71. The van der Waals surface area contributed by atoms with Gasteiger partial charge in [0.05, 0.1) is 6.54 Å². The molecular weight excluding hydrogens is 182 g/mol. The van der Waals surface area contributed by atoms with Crippen LogP contribution in [0.25, 0.3) is 0 Å². The van der Waals surface area contributed by atoms with E-state index >= 15 is 0 Å². The summed E-state index contributed by atoms with van der Waals surface area (Å²) >= 11 is 0. The predicted molar refractivity (Wildman–Crippen MR) is 48.2 cm³/mol. The molecule has 0 aromatic rings. The summed E-state index contributed by atoms with van der Waals surface area (Å²) < 4.78 is 0. The van der Waals surface area contributed by atoms with Crippen LogP contribution in [0, 0.1) is 0 Å². The first-order chi connectivity index (χ1) is 6.75. The second-order valence-electron chi connectivity index (χ2n) is 3.22. The summed E-state index contributed by atoms with van der Waals surface area (Å²) in [4.78, 5) is 34.4. The van der Waals surface area contributed by atoms with E-state index in [0.717, 1.165) is 11.3 Å². The lowest BCUT2D eigenvalue weighted by atomic mass is 10.00. The lowest BCUT2D eigenvalue weighted by Gasteiger charge is -2.09. The van der Waals surface area contributed by atoms with Gasteiger partial charge in [-0.05, 0) is 12.8 Å². The van der Waals surface area contributed by atoms with Gasteiger partial charge in [-0.15, -0.1) is 0 Å². The molecule has 2 rings (SSSR count). The van der Waals surface area contributed by atoms with E-state index in [9.17, 15) is 14.4 Å². The quantitative estimate of drug-likeness (QED) is 0.463. The molecule has 2 aliphatic rings. The number of hydrogen-bond donors (Lipinski definition) is 0. The van der Waals surface area contributed by atoms with Gasteiger partial charge in [-0.3, -0.25) is 14.5 Å². The molecule has 1 aliphatic heterocycles. The number of carbonyl (C=O) groups excluding carboxylic acids is 3. The van der Waals surface area contributed by atoms with Crippen LogP contribution in [0.15, 0.2) is 23.3 Å². The van der Waals surface area contributed by atoms with Crippen LogP contribution in [0.2, 0.25) is 0 Å². The van der Waals surface area contributed by atoms with E-state index in [1.807, 2.05) is 6.08 Å². The minimum Gasteiger partial charge on any atom is -0.301 e. The number of imide groups is 1. The molecule has 0 bridgehead atoms. The van der Waals surface area contributed by atoms with E-state index in [0.29, 0.717) is 23.9 Å². The Balaban J connectivity index is 2.35. The molecule has 0 radical (unpaired) electrons. The molecule has 0 spiro atoms. The zero-order chi connectivity index (χ0) is 10.1. The zero-order valence-electron chi connectivity index (χ0n) is 7.53. The van der Waals surface area contributed by atoms with E-state index in [2.05, 4.69) is 0 Å². The number of rotatable bonds is 2. The molecule has 72 valence electrons. The van der Waals surface area contributed by atoms with Crippen LogP contribution in [0.5, 0.6) is 0 Å². The Labute approximate surface area is 80.9 Å². The molecule has 4 heteroatoms. The average molecular weight is 191 g/mol. The minimum absolute atomic E-state index is 0.140. The molecule has 14 heavy (non-hydrogen) atoms. The first kappa shape index (κ1) is 8.87. The first-order valence-corrected chi connectivity index (χ1v) is 4.45. The Bertz CT molecular complexity index is 379. The Kier molecular flexibility index (Phi) is 2.04. The van der Waals surface area contributed by atoms with Gasteiger partial charge in [0.25, 0.3) is 11.8 Å². The third-order valence-electron chi connectivity index (χ3n) is 2.41. The van der Waals surface area contributed by atoms with Crippen molar-refractivity contribution < 1.29 is 14.4 Å². The third kappa shape index (κ3) is 1.11. The van der Waals surface area contributed by atoms with E-state index in [1.54, 1.807) is 6.08 Å². The topological polar surface area (TPSA) is 54.5 Å². The van der Waals surface area contributed by atoms with Crippen molar-refractivity contribution in [2.45, 2.75) is 12.8 Å². The normalized spacial score (nSPS) is 20.4. The first-order valence-electron chi connectivity index (χ1n) is 4.45. The molecule has 0 unspecified atom stereocenters. The Morgan fingerprint density at radius 1 is 1.36 bits per heavy atom. The van der Waals surface area contributed by atoms with Gasteiger partial charge in [-0.2, -0.15) is 0 Å². The molecule has 0 fully saturated rings.